The predicted octanol–water partition coefficient (Wildman–Crippen LogP) is -0.584. The van der Waals surface area contributed by atoms with Crippen molar-refractivity contribution in [2.45, 2.75) is 11.0 Å². The highest BCUT2D eigenvalue weighted by atomic mass is 35.5. The van der Waals surface area contributed by atoms with Gasteiger partial charge in [-0.2, -0.15) is 0 Å². The van der Waals surface area contributed by atoms with Crippen LogP contribution in [0.3, 0.4) is 0 Å². The van der Waals surface area contributed by atoms with Gasteiger partial charge in [-0.1, -0.05) is 0 Å². The first-order valence-electron chi connectivity index (χ1n) is 4.60. The number of ether oxygens (including phenoxy) is 1. The molecular weight excluding hydrogens is 270 g/mol. The number of nitrogens with zero attached hydrogens (tertiary/aromatic N) is 2. The molecule has 2 N–H and O–H groups in total. The van der Waals surface area contributed by atoms with E-state index in [0.29, 0.717) is 0 Å². The van der Waals surface area contributed by atoms with Crippen LogP contribution >= 0.6 is 11.6 Å². The summed E-state index contributed by atoms with van der Waals surface area (Å²) in [4.78, 5) is 6.99. The summed E-state index contributed by atoms with van der Waals surface area (Å²) in [7, 11) is -2.33. The van der Waals surface area contributed by atoms with Crippen LogP contribution in [0.4, 0.5) is 0 Å². The summed E-state index contributed by atoms with van der Waals surface area (Å²) in [5, 5.41) is 9.26. The number of hydrogen-bond acceptors (Lipinski definition) is 6. The fourth-order valence-corrected chi connectivity index (χ4v) is 2.04. The van der Waals surface area contributed by atoms with E-state index in [-0.39, 0.29) is 23.3 Å². The minimum Gasteiger partial charge on any atom is -0.389 e. The summed E-state index contributed by atoms with van der Waals surface area (Å²) in [6, 6.07) is 0. The zero-order chi connectivity index (χ0) is 12.9. The molecular formula is C8H12ClN3O4S. The van der Waals surface area contributed by atoms with E-state index in [9.17, 15) is 13.5 Å². The molecule has 0 bridgehead atoms. The van der Waals surface area contributed by atoms with Gasteiger partial charge in [-0.3, -0.25) is 0 Å². The van der Waals surface area contributed by atoms with Crippen LogP contribution in [-0.4, -0.2) is 49.9 Å². The van der Waals surface area contributed by atoms with Crippen molar-refractivity contribution >= 4 is 21.6 Å². The zero-order valence-corrected chi connectivity index (χ0v) is 10.6. The summed E-state index contributed by atoms with van der Waals surface area (Å²) in [5.41, 5.74) is 0. The van der Waals surface area contributed by atoms with Crippen LogP contribution in [0.2, 0.25) is 5.28 Å². The summed E-state index contributed by atoms with van der Waals surface area (Å²) in [6.45, 7) is -0.113. The molecule has 1 rings (SSSR count). The molecule has 0 fully saturated rings. The Hall–Kier alpha value is -0.800. The molecule has 1 aromatic rings. The molecule has 0 aliphatic heterocycles. The first kappa shape index (κ1) is 14.3. The van der Waals surface area contributed by atoms with E-state index >= 15 is 0 Å². The Bertz CT molecular complexity index is 450. The van der Waals surface area contributed by atoms with Crippen molar-refractivity contribution in [2.75, 3.05) is 20.3 Å². The molecule has 1 heterocycles. The molecule has 9 heteroatoms. The van der Waals surface area contributed by atoms with Gasteiger partial charge in [0.25, 0.3) is 0 Å². The van der Waals surface area contributed by atoms with Crippen LogP contribution in [0.1, 0.15) is 0 Å². The molecule has 1 unspecified atom stereocenters. The van der Waals surface area contributed by atoms with Crippen molar-refractivity contribution in [3.63, 3.8) is 0 Å². The van der Waals surface area contributed by atoms with Crippen molar-refractivity contribution in [3.8, 4) is 0 Å². The Kier molecular flexibility index (Phi) is 5.22. The molecule has 7 nitrogen and oxygen atoms in total. The number of aromatic nitrogens is 2. The number of nitrogens with one attached hydrogen (secondary N) is 1. The zero-order valence-electron chi connectivity index (χ0n) is 9.00. The molecule has 0 spiro atoms. The smallest absolute Gasteiger partial charge is 0.243 e. The Morgan fingerprint density at radius 3 is 2.65 bits per heavy atom. The van der Waals surface area contributed by atoms with Crippen molar-refractivity contribution in [3.05, 3.63) is 17.7 Å². The van der Waals surface area contributed by atoms with E-state index in [1.54, 1.807) is 0 Å². The molecule has 0 aliphatic carbocycles. The molecule has 0 radical (unpaired) electrons. The van der Waals surface area contributed by atoms with E-state index in [1.165, 1.54) is 7.11 Å². The number of aliphatic hydroxyl groups excluding tert-OH is 1. The van der Waals surface area contributed by atoms with Gasteiger partial charge in [0.2, 0.25) is 15.3 Å². The van der Waals surface area contributed by atoms with Gasteiger partial charge in [0.1, 0.15) is 4.90 Å². The lowest BCUT2D eigenvalue weighted by Gasteiger charge is -2.10. The monoisotopic (exact) mass is 281 g/mol. The van der Waals surface area contributed by atoms with E-state index in [4.69, 9.17) is 11.6 Å². The third-order valence-electron chi connectivity index (χ3n) is 1.77. The van der Waals surface area contributed by atoms with Crippen molar-refractivity contribution in [2.24, 2.45) is 0 Å². The summed E-state index contributed by atoms with van der Waals surface area (Å²) < 4.78 is 30.2. The number of methoxy groups -OCH3 is 1. The highest BCUT2D eigenvalue weighted by Gasteiger charge is 2.16. The van der Waals surface area contributed by atoms with E-state index in [2.05, 4.69) is 19.4 Å². The highest BCUT2D eigenvalue weighted by molar-refractivity contribution is 7.89. The maximum atomic E-state index is 11.7. The molecule has 0 aromatic carbocycles. The lowest BCUT2D eigenvalue weighted by atomic mass is 10.4. The molecule has 0 saturated carbocycles. The quantitative estimate of drug-likeness (QED) is 0.676. The SMILES string of the molecule is COCC(O)CNS(=O)(=O)c1cnc(Cl)nc1. The third-order valence-corrected chi connectivity index (χ3v) is 3.35. The van der Waals surface area contributed by atoms with Crippen molar-refractivity contribution in [1.82, 2.24) is 14.7 Å². The number of sulfonamides is 1. The predicted molar refractivity (Wildman–Crippen MR) is 60.1 cm³/mol. The van der Waals surface area contributed by atoms with E-state index in [1.807, 2.05) is 0 Å². The lowest BCUT2D eigenvalue weighted by Crippen LogP contribution is -2.34. The lowest BCUT2D eigenvalue weighted by molar-refractivity contribution is 0.0679. The second-order valence-electron chi connectivity index (χ2n) is 3.15. The van der Waals surface area contributed by atoms with Crippen LogP contribution < -0.4 is 4.72 Å². The summed E-state index contributed by atoms with van der Waals surface area (Å²) in [6.07, 6.45) is 1.25. The summed E-state index contributed by atoms with van der Waals surface area (Å²) >= 11 is 5.44. The van der Waals surface area contributed by atoms with Crippen LogP contribution in [0.15, 0.2) is 17.3 Å². The molecule has 17 heavy (non-hydrogen) atoms. The highest BCUT2D eigenvalue weighted by Crippen LogP contribution is 2.07. The first-order valence-corrected chi connectivity index (χ1v) is 6.46. The van der Waals surface area contributed by atoms with Gasteiger partial charge in [0.15, 0.2) is 0 Å². The van der Waals surface area contributed by atoms with E-state index < -0.39 is 16.1 Å². The van der Waals surface area contributed by atoms with Gasteiger partial charge >= 0.3 is 0 Å². The largest absolute Gasteiger partial charge is 0.389 e. The van der Waals surface area contributed by atoms with Crippen LogP contribution in [0, 0.1) is 0 Å². The number of aliphatic hydroxyl groups is 1. The van der Waals surface area contributed by atoms with Gasteiger partial charge < -0.3 is 9.84 Å². The Morgan fingerprint density at radius 2 is 2.12 bits per heavy atom. The minimum absolute atomic E-state index is 0.0385. The maximum Gasteiger partial charge on any atom is 0.243 e. The standard InChI is InChI=1S/C8H12ClN3O4S/c1-16-5-6(13)2-12-17(14,15)7-3-10-8(9)11-4-7/h3-4,6,12-13H,2,5H2,1H3. The maximum absolute atomic E-state index is 11.7. The fourth-order valence-electron chi connectivity index (χ4n) is 0.980. The second kappa shape index (κ2) is 6.22. The van der Waals surface area contributed by atoms with E-state index in [0.717, 1.165) is 12.4 Å². The van der Waals surface area contributed by atoms with Crippen molar-refractivity contribution < 1.29 is 18.3 Å². The van der Waals surface area contributed by atoms with Crippen LogP contribution in [0.25, 0.3) is 0 Å². The fraction of sp³-hybridized carbons (Fsp3) is 0.500. The van der Waals surface area contributed by atoms with Gasteiger partial charge in [-0.15, -0.1) is 0 Å². The minimum atomic E-state index is -3.74. The Balaban J connectivity index is 2.66. The van der Waals surface area contributed by atoms with Gasteiger partial charge in [0.05, 0.1) is 25.1 Å². The topological polar surface area (TPSA) is 101 Å². The van der Waals surface area contributed by atoms with Crippen LogP contribution in [-0.2, 0) is 14.8 Å². The Morgan fingerprint density at radius 1 is 1.53 bits per heavy atom. The average molecular weight is 282 g/mol. The average Bonchev–Trinajstić information content (AvgIpc) is 2.28. The molecule has 0 aliphatic rings. The van der Waals surface area contributed by atoms with Gasteiger partial charge in [-0.05, 0) is 11.6 Å². The normalized spacial score (nSPS) is 13.6. The van der Waals surface area contributed by atoms with Crippen molar-refractivity contribution in [1.29, 1.82) is 0 Å². The molecule has 1 aromatic heterocycles. The number of hydrogen-bond donors (Lipinski definition) is 2. The van der Waals surface area contributed by atoms with Gasteiger partial charge in [0, 0.05) is 13.7 Å². The van der Waals surface area contributed by atoms with Crippen LogP contribution in [0.5, 0.6) is 0 Å². The number of halogens is 1. The molecule has 96 valence electrons. The molecule has 1 atom stereocenters. The molecule has 0 saturated heterocycles. The first-order chi connectivity index (χ1) is 7.95. The summed E-state index contributed by atoms with van der Waals surface area (Å²) in [5.74, 6) is 0. The third kappa shape index (κ3) is 4.52. The second-order valence-corrected chi connectivity index (χ2v) is 5.25. The van der Waals surface area contributed by atoms with Gasteiger partial charge in [-0.25, -0.2) is 23.1 Å². The Labute approximate surface area is 104 Å². The molecule has 0 amide bonds. The number of rotatable bonds is 6.